The van der Waals surface area contributed by atoms with Crippen LogP contribution in [0.2, 0.25) is 0 Å². The number of benzene rings is 3. The summed E-state index contributed by atoms with van der Waals surface area (Å²) in [7, 11) is 0. The number of nitrogens with one attached hydrogen (secondary N) is 1. The quantitative estimate of drug-likeness (QED) is 0.561. The van der Waals surface area contributed by atoms with Crippen LogP contribution in [0.4, 0.5) is 11.4 Å². The summed E-state index contributed by atoms with van der Waals surface area (Å²) in [6.45, 7) is 1.10. The molecule has 0 bridgehead atoms. The average molecular weight is 430 g/mol. The van der Waals surface area contributed by atoms with Crippen molar-refractivity contribution in [3.63, 3.8) is 0 Å². The molecule has 0 atom stereocenters. The van der Waals surface area contributed by atoms with Gasteiger partial charge in [0.25, 0.3) is 5.91 Å². The molecule has 4 rings (SSSR count). The van der Waals surface area contributed by atoms with E-state index in [0.29, 0.717) is 25.9 Å². The van der Waals surface area contributed by atoms with Crippen molar-refractivity contribution < 1.29 is 24.6 Å². The third kappa shape index (κ3) is 4.46. The van der Waals surface area contributed by atoms with Crippen LogP contribution in [0.15, 0.2) is 66.7 Å². The van der Waals surface area contributed by atoms with Crippen LogP contribution in [0.5, 0.6) is 5.75 Å². The van der Waals surface area contributed by atoms with Crippen molar-refractivity contribution in [2.75, 3.05) is 23.3 Å². The standard InChI is InChI=1S/C25H22N2O5/c28-19-10-12-27(13-11-19)18-7-9-23(29)21(15-18)24(30)26-22-14-17(6-8-20(22)25(31)32)16-4-2-1-3-5-16/h1-9,14-15,29H,10-13H2,(H,26,30)(H,31,32). The Morgan fingerprint density at radius 3 is 2.25 bits per heavy atom. The largest absolute Gasteiger partial charge is 0.507 e. The fourth-order valence-corrected chi connectivity index (χ4v) is 3.75. The number of aromatic hydroxyl groups is 1. The number of ketones is 1. The van der Waals surface area contributed by atoms with Crippen molar-refractivity contribution in [1.82, 2.24) is 0 Å². The van der Waals surface area contributed by atoms with Crippen LogP contribution in [0, 0.1) is 0 Å². The van der Waals surface area contributed by atoms with Crippen LogP contribution in [-0.4, -0.2) is 41.0 Å². The Hall–Kier alpha value is -4.13. The summed E-state index contributed by atoms with van der Waals surface area (Å²) in [4.78, 5) is 38.2. The highest BCUT2D eigenvalue weighted by molar-refractivity contribution is 6.10. The molecule has 7 heteroatoms. The lowest BCUT2D eigenvalue weighted by atomic mass is 10.0. The fraction of sp³-hybridized carbons (Fsp3) is 0.160. The lowest BCUT2D eigenvalue weighted by Crippen LogP contribution is -2.33. The number of hydrogen-bond acceptors (Lipinski definition) is 5. The number of hydrogen-bond donors (Lipinski definition) is 3. The molecule has 3 aromatic carbocycles. The lowest BCUT2D eigenvalue weighted by molar-refractivity contribution is -0.119. The first-order chi connectivity index (χ1) is 15.4. The minimum atomic E-state index is -1.17. The van der Waals surface area contributed by atoms with E-state index < -0.39 is 11.9 Å². The molecule has 1 fully saturated rings. The second-order valence-electron chi connectivity index (χ2n) is 7.61. The zero-order valence-corrected chi connectivity index (χ0v) is 17.2. The maximum atomic E-state index is 13.0. The van der Waals surface area contributed by atoms with Gasteiger partial charge in [-0.05, 0) is 41.5 Å². The number of carbonyl (C=O) groups is 3. The van der Waals surface area contributed by atoms with Gasteiger partial charge in [0.1, 0.15) is 11.5 Å². The van der Waals surface area contributed by atoms with Gasteiger partial charge in [0.15, 0.2) is 0 Å². The molecule has 1 aliphatic rings. The molecule has 0 saturated carbocycles. The number of amides is 1. The van der Waals surface area contributed by atoms with E-state index in [1.54, 1.807) is 24.3 Å². The molecular weight excluding hydrogens is 408 g/mol. The maximum absolute atomic E-state index is 13.0. The number of carbonyl (C=O) groups excluding carboxylic acids is 2. The predicted octanol–water partition coefficient (Wildman–Crippen LogP) is 4.18. The molecule has 0 aromatic heterocycles. The third-order valence-corrected chi connectivity index (χ3v) is 5.52. The highest BCUT2D eigenvalue weighted by Gasteiger charge is 2.21. The molecule has 1 saturated heterocycles. The van der Waals surface area contributed by atoms with Crippen molar-refractivity contribution in [1.29, 1.82) is 0 Å². The van der Waals surface area contributed by atoms with Crippen LogP contribution < -0.4 is 10.2 Å². The molecule has 1 heterocycles. The molecule has 1 amide bonds. The Labute approximate surface area is 184 Å². The molecular formula is C25H22N2O5. The number of aromatic carboxylic acids is 1. The molecule has 0 aliphatic carbocycles. The first-order valence-electron chi connectivity index (χ1n) is 10.3. The number of nitrogens with zero attached hydrogens (tertiary/aromatic N) is 1. The van der Waals surface area contributed by atoms with Crippen LogP contribution >= 0.6 is 0 Å². The minimum Gasteiger partial charge on any atom is -0.507 e. The normalized spacial score (nSPS) is 13.6. The summed E-state index contributed by atoms with van der Waals surface area (Å²) in [5.74, 6) is -1.80. The van der Waals surface area contributed by atoms with Gasteiger partial charge in [-0.3, -0.25) is 9.59 Å². The van der Waals surface area contributed by atoms with Gasteiger partial charge in [-0.2, -0.15) is 0 Å². The fourth-order valence-electron chi connectivity index (χ4n) is 3.75. The molecule has 32 heavy (non-hydrogen) atoms. The second-order valence-corrected chi connectivity index (χ2v) is 7.61. The Morgan fingerprint density at radius 2 is 1.56 bits per heavy atom. The van der Waals surface area contributed by atoms with Crippen LogP contribution in [0.1, 0.15) is 33.6 Å². The van der Waals surface area contributed by atoms with Gasteiger partial charge >= 0.3 is 5.97 Å². The van der Waals surface area contributed by atoms with Gasteiger partial charge in [-0.15, -0.1) is 0 Å². The Bertz CT molecular complexity index is 1180. The van der Waals surface area contributed by atoms with E-state index in [1.807, 2.05) is 35.2 Å². The van der Waals surface area contributed by atoms with Gasteiger partial charge in [0.2, 0.25) is 0 Å². The molecule has 0 spiro atoms. The summed E-state index contributed by atoms with van der Waals surface area (Å²) < 4.78 is 0. The summed E-state index contributed by atoms with van der Waals surface area (Å²) in [6, 6.07) is 18.8. The van der Waals surface area contributed by atoms with Gasteiger partial charge < -0.3 is 20.4 Å². The van der Waals surface area contributed by atoms with Crippen molar-refractivity contribution in [2.24, 2.45) is 0 Å². The SMILES string of the molecule is O=C1CCN(c2ccc(O)c(C(=O)Nc3cc(-c4ccccc4)ccc3C(=O)O)c2)CC1. The van der Waals surface area contributed by atoms with Crippen molar-refractivity contribution in [3.05, 3.63) is 77.9 Å². The molecule has 7 nitrogen and oxygen atoms in total. The molecule has 162 valence electrons. The summed E-state index contributed by atoms with van der Waals surface area (Å²) >= 11 is 0. The Kier molecular flexibility index (Phi) is 5.89. The predicted molar refractivity (Wildman–Crippen MR) is 121 cm³/mol. The van der Waals surface area contributed by atoms with Crippen LogP contribution in [-0.2, 0) is 4.79 Å². The van der Waals surface area contributed by atoms with E-state index in [2.05, 4.69) is 5.32 Å². The molecule has 1 aliphatic heterocycles. The molecule has 3 N–H and O–H groups in total. The van der Waals surface area contributed by atoms with Gasteiger partial charge in [0, 0.05) is 31.6 Å². The first kappa shape index (κ1) is 21.1. The highest BCUT2D eigenvalue weighted by atomic mass is 16.4. The Balaban J connectivity index is 1.64. The van der Waals surface area contributed by atoms with E-state index in [4.69, 9.17) is 0 Å². The van der Waals surface area contributed by atoms with Crippen LogP contribution in [0.25, 0.3) is 11.1 Å². The van der Waals surface area contributed by atoms with Crippen LogP contribution in [0.3, 0.4) is 0 Å². The number of piperidine rings is 1. The average Bonchev–Trinajstić information content (AvgIpc) is 2.80. The highest BCUT2D eigenvalue weighted by Crippen LogP contribution is 2.29. The smallest absolute Gasteiger partial charge is 0.337 e. The minimum absolute atomic E-state index is 0.0286. The summed E-state index contributed by atoms with van der Waals surface area (Å²) in [5, 5.41) is 22.5. The number of rotatable bonds is 5. The van der Waals surface area contributed by atoms with Crippen molar-refractivity contribution in [2.45, 2.75) is 12.8 Å². The van der Waals surface area contributed by atoms with E-state index in [0.717, 1.165) is 16.8 Å². The third-order valence-electron chi connectivity index (χ3n) is 5.52. The van der Waals surface area contributed by atoms with Gasteiger partial charge in [-0.1, -0.05) is 36.4 Å². The lowest BCUT2D eigenvalue weighted by Gasteiger charge is -2.28. The van der Waals surface area contributed by atoms with E-state index in [-0.39, 0.29) is 28.3 Å². The number of Topliss-reactive ketones (excluding diaryl/α,β-unsaturated/α-hetero) is 1. The maximum Gasteiger partial charge on any atom is 0.337 e. The number of carboxylic acids is 1. The van der Waals surface area contributed by atoms with Crippen molar-refractivity contribution in [3.8, 4) is 16.9 Å². The van der Waals surface area contributed by atoms with Gasteiger partial charge in [-0.25, -0.2) is 4.79 Å². The van der Waals surface area contributed by atoms with E-state index in [1.165, 1.54) is 12.1 Å². The molecule has 0 unspecified atom stereocenters. The summed E-state index contributed by atoms with van der Waals surface area (Å²) in [5.41, 5.74) is 2.46. The first-order valence-corrected chi connectivity index (χ1v) is 10.3. The zero-order valence-electron chi connectivity index (χ0n) is 17.2. The van der Waals surface area contributed by atoms with E-state index in [9.17, 15) is 24.6 Å². The topological polar surface area (TPSA) is 107 Å². The second kappa shape index (κ2) is 8.93. The Morgan fingerprint density at radius 1 is 0.844 bits per heavy atom. The molecule has 0 radical (unpaired) electrons. The molecule has 3 aromatic rings. The monoisotopic (exact) mass is 430 g/mol. The van der Waals surface area contributed by atoms with Crippen molar-refractivity contribution >= 4 is 29.0 Å². The number of phenols is 1. The number of carboxylic acid groups (broad SMARTS) is 1. The van der Waals surface area contributed by atoms with Gasteiger partial charge in [0.05, 0.1) is 16.8 Å². The number of anilines is 2. The van der Waals surface area contributed by atoms with E-state index >= 15 is 0 Å². The summed E-state index contributed by atoms with van der Waals surface area (Å²) in [6.07, 6.45) is 0.882. The number of phenolic OH excluding ortho intramolecular Hbond substituents is 1. The zero-order chi connectivity index (χ0) is 22.7.